The fourth-order valence-corrected chi connectivity index (χ4v) is 2.66. The fraction of sp³-hybridized carbons (Fsp3) is 0.500. The molecule has 22 heavy (non-hydrogen) atoms. The topological polar surface area (TPSA) is 40.6 Å². The highest BCUT2D eigenvalue weighted by atomic mass is 19.1. The van der Waals surface area contributed by atoms with Crippen LogP contribution in [0.2, 0.25) is 0 Å². The van der Waals surface area contributed by atoms with Gasteiger partial charge in [-0.2, -0.15) is 0 Å². The van der Waals surface area contributed by atoms with E-state index >= 15 is 0 Å². The van der Waals surface area contributed by atoms with E-state index < -0.39 is 11.6 Å². The Morgan fingerprint density at radius 1 is 1.18 bits per heavy atom. The smallest absolute Gasteiger partial charge is 0.224 e. The molecule has 1 aromatic carbocycles. The minimum atomic E-state index is -0.805. The van der Waals surface area contributed by atoms with Gasteiger partial charge in [0.15, 0.2) is 0 Å². The summed E-state index contributed by atoms with van der Waals surface area (Å²) in [5.74, 6) is -1.92. The summed E-state index contributed by atoms with van der Waals surface area (Å²) in [6.45, 7) is 2.87. The van der Waals surface area contributed by atoms with E-state index in [4.69, 9.17) is 0 Å². The van der Waals surface area contributed by atoms with Gasteiger partial charge in [-0.1, -0.05) is 0 Å². The third-order valence-corrected chi connectivity index (χ3v) is 3.84. The number of hydrogen-bond acceptors (Lipinski definition) is 2. The van der Waals surface area contributed by atoms with Gasteiger partial charge in [-0.25, -0.2) is 8.78 Å². The Morgan fingerprint density at radius 2 is 1.86 bits per heavy atom. The van der Waals surface area contributed by atoms with Gasteiger partial charge in [-0.05, 0) is 31.4 Å². The average Bonchev–Trinajstić information content (AvgIpc) is 2.49. The predicted molar refractivity (Wildman–Crippen MR) is 79.4 cm³/mol. The van der Waals surface area contributed by atoms with Crippen molar-refractivity contribution in [3.8, 4) is 0 Å². The molecule has 2 rings (SSSR count). The maximum Gasteiger partial charge on any atom is 0.224 e. The van der Waals surface area contributed by atoms with E-state index in [2.05, 4.69) is 0 Å². The molecule has 0 radical (unpaired) electrons. The molecule has 1 fully saturated rings. The zero-order chi connectivity index (χ0) is 16.1. The second-order valence-electron chi connectivity index (χ2n) is 5.46. The van der Waals surface area contributed by atoms with Crippen molar-refractivity contribution in [2.45, 2.75) is 32.6 Å². The maximum atomic E-state index is 13.8. The van der Waals surface area contributed by atoms with Crippen LogP contribution in [0, 0.1) is 11.6 Å². The van der Waals surface area contributed by atoms with Crippen LogP contribution in [0.15, 0.2) is 18.2 Å². The lowest BCUT2D eigenvalue weighted by atomic mass is 10.1. The van der Waals surface area contributed by atoms with Crippen LogP contribution >= 0.6 is 0 Å². The van der Waals surface area contributed by atoms with Crippen molar-refractivity contribution in [2.24, 2.45) is 0 Å². The molecule has 0 bridgehead atoms. The molecule has 1 saturated heterocycles. The van der Waals surface area contributed by atoms with E-state index in [9.17, 15) is 18.4 Å². The van der Waals surface area contributed by atoms with E-state index in [1.54, 1.807) is 4.90 Å². The number of halogens is 2. The highest BCUT2D eigenvalue weighted by Gasteiger charge is 2.21. The zero-order valence-corrected chi connectivity index (χ0v) is 12.6. The number of anilines is 1. The molecule has 1 aliphatic rings. The Kier molecular flexibility index (Phi) is 5.46. The first-order valence-electron chi connectivity index (χ1n) is 7.50. The normalized spacial score (nSPS) is 14.8. The third kappa shape index (κ3) is 4.02. The quantitative estimate of drug-likeness (QED) is 0.858. The van der Waals surface area contributed by atoms with Gasteiger partial charge < -0.3 is 9.80 Å². The van der Waals surface area contributed by atoms with Gasteiger partial charge in [-0.15, -0.1) is 0 Å². The van der Waals surface area contributed by atoms with E-state index in [0.29, 0.717) is 0 Å². The lowest BCUT2D eigenvalue weighted by Gasteiger charge is -2.28. The van der Waals surface area contributed by atoms with Gasteiger partial charge in [0.2, 0.25) is 11.8 Å². The molecule has 0 saturated carbocycles. The standard InChI is InChI=1S/C16H20F2N2O2/c1-12(21)20(15-6-5-13(17)11-14(15)18)10-7-16(22)19-8-3-2-4-9-19/h5-6,11H,2-4,7-10H2,1H3. The third-order valence-electron chi connectivity index (χ3n) is 3.84. The van der Waals surface area contributed by atoms with Crippen molar-refractivity contribution < 1.29 is 18.4 Å². The number of benzene rings is 1. The largest absolute Gasteiger partial charge is 0.343 e. The summed E-state index contributed by atoms with van der Waals surface area (Å²) in [5.41, 5.74) is 0.000319. The lowest BCUT2D eigenvalue weighted by Crippen LogP contribution is -2.39. The zero-order valence-electron chi connectivity index (χ0n) is 12.6. The number of piperidine rings is 1. The molecule has 4 nitrogen and oxygen atoms in total. The summed E-state index contributed by atoms with van der Waals surface area (Å²) in [5, 5.41) is 0. The molecule has 1 heterocycles. The number of likely N-dealkylation sites (tertiary alicyclic amines) is 1. The SMILES string of the molecule is CC(=O)N(CCC(=O)N1CCCCC1)c1ccc(F)cc1F. The molecule has 2 amide bonds. The molecule has 0 unspecified atom stereocenters. The maximum absolute atomic E-state index is 13.8. The number of rotatable bonds is 4. The molecular formula is C16H20F2N2O2. The monoisotopic (exact) mass is 310 g/mol. The van der Waals surface area contributed by atoms with Crippen molar-refractivity contribution >= 4 is 17.5 Å². The van der Waals surface area contributed by atoms with E-state index in [1.807, 2.05) is 0 Å². The molecule has 120 valence electrons. The summed E-state index contributed by atoms with van der Waals surface area (Å²) in [6.07, 6.45) is 3.25. The summed E-state index contributed by atoms with van der Waals surface area (Å²) in [7, 11) is 0. The molecule has 0 atom stereocenters. The van der Waals surface area contributed by atoms with Crippen LogP contribution in [0.1, 0.15) is 32.6 Å². The number of amides is 2. The first-order chi connectivity index (χ1) is 10.5. The summed E-state index contributed by atoms with van der Waals surface area (Å²) in [4.78, 5) is 26.8. The van der Waals surface area contributed by atoms with Crippen molar-refractivity contribution in [1.29, 1.82) is 0 Å². The highest BCUT2D eigenvalue weighted by Crippen LogP contribution is 2.21. The van der Waals surface area contributed by atoms with E-state index in [1.165, 1.54) is 17.9 Å². The van der Waals surface area contributed by atoms with Gasteiger partial charge in [0.05, 0.1) is 5.69 Å². The van der Waals surface area contributed by atoms with Gasteiger partial charge >= 0.3 is 0 Å². The van der Waals surface area contributed by atoms with Crippen molar-refractivity contribution in [3.63, 3.8) is 0 Å². The first-order valence-corrected chi connectivity index (χ1v) is 7.50. The first kappa shape index (κ1) is 16.4. The average molecular weight is 310 g/mol. The second-order valence-corrected chi connectivity index (χ2v) is 5.46. The number of carbonyl (C=O) groups excluding carboxylic acids is 2. The summed E-state index contributed by atoms with van der Waals surface area (Å²) in [6, 6.07) is 3.05. The second kappa shape index (κ2) is 7.33. The van der Waals surface area contributed by atoms with Crippen LogP contribution in [0.5, 0.6) is 0 Å². The Bertz CT molecular complexity index is 557. The molecule has 6 heteroatoms. The van der Waals surface area contributed by atoms with Crippen LogP contribution < -0.4 is 4.90 Å². The van der Waals surface area contributed by atoms with Gasteiger partial charge in [0, 0.05) is 39.0 Å². The molecule has 1 aromatic rings. The minimum Gasteiger partial charge on any atom is -0.343 e. The van der Waals surface area contributed by atoms with Crippen LogP contribution in [0.25, 0.3) is 0 Å². The lowest BCUT2D eigenvalue weighted by molar-refractivity contribution is -0.131. The Morgan fingerprint density at radius 3 is 2.45 bits per heavy atom. The minimum absolute atomic E-state index is 0.000319. The van der Waals surface area contributed by atoms with Gasteiger partial charge in [0.25, 0.3) is 0 Å². The van der Waals surface area contributed by atoms with Crippen LogP contribution in [0.3, 0.4) is 0 Å². The summed E-state index contributed by atoms with van der Waals surface area (Å²) >= 11 is 0. The number of hydrogen-bond donors (Lipinski definition) is 0. The molecule has 0 aromatic heterocycles. The van der Waals surface area contributed by atoms with Gasteiger partial charge in [-0.3, -0.25) is 9.59 Å². The van der Waals surface area contributed by atoms with Crippen LogP contribution in [-0.4, -0.2) is 36.3 Å². The Balaban J connectivity index is 2.02. The predicted octanol–water partition coefficient (Wildman–Crippen LogP) is 2.72. The van der Waals surface area contributed by atoms with Crippen molar-refractivity contribution in [1.82, 2.24) is 4.90 Å². The molecule has 0 spiro atoms. The number of nitrogens with zero attached hydrogens (tertiary/aromatic N) is 2. The van der Waals surface area contributed by atoms with Crippen molar-refractivity contribution in [2.75, 3.05) is 24.5 Å². The Hall–Kier alpha value is -1.98. The molecular weight excluding hydrogens is 290 g/mol. The van der Waals surface area contributed by atoms with Crippen LogP contribution in [-0.2, 0) is 9.59 Å². The van der Waals surface area contributed by atoms with Gasteiger partial charge in [0.1, 0.15) is 11.6 Å². The fourth-order valence-electron chi connectivity index (χ4n) is 2.66. The van der Waals surface area contributed by atoms with E-state index in [0.717, 1.165) is 44.5 Å². The summed E-state index contributed by atoms with van der Waals surface area (Å²) < 4.78 is 26.8. The van der Waals surface area contributed by atoms with Crippen molar-refractivity contribution in [3.05, 3.63) is 29.8 Å². The molecule has 0 aliphatic carbocycles. The number of carbonyl (C=O) groups is 2. The van der Waals surface area contributed by atoms with E-state index in [-0.39, 0.29) is 30.5 Å². The highest BCUT2D eigenvalue weighted by molar-refractivity contribution is 5.92. The molecule has 1 aliphatic heterocycles. The Labute approximate surface area is 128 Å². The molecule has 0 N–H and O–H groups in total. The van der Waals surface area contributed by atoms with Crippen LogP contribution in [0.4, 0.5) is 14.5 Å².